The second-order valence-corrected chi connectivity index (χ2v) is 9.37. The summed E-state index contributed by atoms with van der Waals surface area (Å²) in [5.41, 5.74) is 7.84. The number of fused-ring (bicyclic) bond motifs is 1. The van der Waals surface area contributed by atoms with E-state index >= 15 is 0 Å². The van der Waals surface area contributed by atoms with E-state index in [1.165, 1.54) is 21.4 Å². The molecule has 0 unspecified atom stereocenters. The summed E-state index contributed by atoms with van der Waals surface area (Å²) in [5, 5.41) is 4.48. The normalized spacial score (nSPS) is 16.4. The van der Waals surface area contributed by atoms with Crippen LogP contribution in [0.15, 0.2) is 78.5 Å². The van der Waals surface area contributed by atoms with E-state index < -0.39 is 0 Å². The topological polar surface area (TPSA) is 42.0 Å². The molecule has 0 radical (unpaired) electrons. The quantitative estimate of drug-likeness (QED) is 0.383. The summed E-state index contributed by atoms with van der Waals surface area (Å²) < 4.78 is 1.21. The minimum absolute atomic E-state index is 0.181. The molecule has 1 N–H and O–H groups in total. The molecule has 1 aromatic heterocycles. The summed E-state index contributed by atoms with van der Waals surface area (Å²) in [6, 6.07) is 23.2. The van der Waals surface area contributed by atoms with Crippen LogP contribution in [0.1, 0.15) is 35.4 Å². The Morgan fingerprint density at radius 2 is 1.65 bits per heavy atom. The van der Waals surface area contributed by atoms with Crippen LogP contribution < -0.4 is 5.32 Å². The van der Waals surface area contributed by atoms with E-state index in [4.69, 9.17) is 4.98 Å². The van der Waals surface area contributed by atoms with Crippen LogP contribution in [0.5, 0.6) is 0 Å². The van der Waals surface area contributed by atoms with Gasteiger partial charge in [-0.2, -0.15) is 0 Å². The van der Waals surface area contributed by atoms with E-state index in [1.807, 2.05) is 0 Å². The monoisotopic (exact) mass is 424 g/mol. The van der Waals surface area contributed by atoms with Crippen LogP contribution in [0.4, 0.5) is 5.69 Å². The van der Waals surface area contributed by atoms with Gasteiger partial charge in [0.05, 0.1) is 10.2 Å². The number of benzene rings is 3. The van der Waals surface area contributed by atoms with Crippen molar-refractivity contribution in [2.45, 2.75) is 32.6 Å². The molecule has 5 rings (SSSR count). The Morgan fingerprint density at radius 1 is 0.903 bits per heavy atom. The van der Waals surface area contributed by atoms with Gasteiger partial charge in [-0.15, -0.1) is 11.3 Å². The summed E-state index contributed by atoms with van der Waals surface area (Å²) in [7, 11) is 0. The number of rotatable bonds is 4. The average Bonchev–Trinajstić information content (AvgIpc) is 3.17. The minimum Gasteiger partial charge on any atom is -0.359 e. The summed E-state index contributed by atoms with van der Waals surface area (Å²) in [6.45, 7) is 4.19. The molecule has 0 saturated heterocycles. The highest BCUT2D eigenvalue weighted by atomic mass is 32.1. The third-order valence-corrected chi connectivity index (χ3v) is 6.85. The van der Waals surface area contributed by atoms with Gasteiger partial charge in [-0.3, -0.25) is 4.79 Å². The highest BCUT2D eigenvalue weighted by Gasteiger charge is 2.22. The third-order valence-electron chi connectivity index (χ3n) is 5.78. The van der Waals surface area contributed by atoms with Crippen LogP contribution in [0.25, 0.3) is 20.8 Å². The van der Waals surface area contributed by atoms with Gasteiger partial charge in [0.15, 0.2) is 5.78 Å². The van der Waals surface area contributed by atoms with Gasteiger partial charge in [0.25, 0.3) is 0 Å². The predicted molar refractivity (Wildman–Crippen MR) is 130 cm³/mol. The van der Waals surface area contributed by atoms with Crippen LogP contribution in [0, 0.1) is 13.8 Å². The highest BCUT2D eigenvalue weighted by molar-refractivity contribution is 7.21. The number of ketones is 1. The Morgan fingerprint density at radius 3 is 2.42 bits per heavy atom. The molecule has 0 aliphatic heterocycles. The van der Waals surface area contributed by atoms with E-state index in [0.717, 1.165) is 33.9 Å². The molecule has 3 aromatic carbocycles. The molecular formula is C27H24N2OS. The maximum absolute atomic E-state index is 12.3. The van der Waals surface area contributed by atoms with Crippen LogP contribution in [0.3, 0.4) is 0 Å². The maximum Gasteiger partial charge on any atom is 0.158 e. The molecule has 1 heterocycles. The zero-order valence-corrected chi connectivity index (χ0v) is 18.5. The molecule has 31 heavy (non-hydrogen) atoms. The van der Waals surface area contributed by atoms with E-state index in [2.05, 4.69) is 85.9 Å². The summed E-state index contributed by atoms with van der Waals surface area (Å²) in [5.74, 6) is 0.409. The lowest BCUT2D eigenvalue weighted by atomic mass is 9.85. The molecule has 0 amide bonds. The number of anilines is 1. The van der Waals surface area contributed by atoms with Crippen molar-refractivity contribution in [3.8, 4) is 10.6 Å². The number of carbonyl (C=O) groups excluding carboxylic acids is 1. The van der Waals surface area contributed by atoms with Gasteiger partial charge >= 0.3 is 0 Å². The van der Waals surface area contributed by atoms with Crippen LogP contribution in [-0.2, 0) is 4.79 Å². The Bertz CT molecular complexity index is 1280. The molecule has 1 aliphatic rings. The molecule has 3 nitrogen and oxygen atoms in total. The fraction of sp³-hybridized carbons (Fsp3) is 0.185. The van der Waals surface area contributed by atoms with Gasteiger partial charge in [0.2, 0.25) is 0 Å². The van der Waals surface area contributed by atoms with Crippen LogP contribution in [0.2, 0.25) is 0 Å². The number of nitrogens with zero attached hydrogens (tertiary/aromatic N) is 1. The Kier molecular flexibility index (Phi) is 5.16. The van der Waals surface area contributed by atoms with Gasteiger partial charge in [-0.1, -0.05) is 35.9 Å². The average molecular weight is 425 g/mol. The van der Waals surface area contributed by atoms with Crippen molar-refractivity contribution in [1.82, 2.24) is 4.98 Å². The van der Waals surface area contributed by atoms with E-state index in [0.29, 0.717) is 6.42 Å². The first kappa shape index (κ1) is 19.7. The van der Waals surface area contributed by atoms with Crippen molar-refractivity contribution in [3.05, 3.63) is 95.2 Å². The van der Waals surface area contributed by atoms with E-state index in [-0.39, 0.29) is 11.7 Å². The molecule has 0 spiro atoms. The number of thiazole rings is 1. The number of aromatic nitrogens is 1. The largest absolute Gasteiger partial charge is 0.359 e. The van der Waals surface area contributed by atoms with Crippen molar-refractivity contribution in [3.63, 3.8) is 0 Å². The lowest BCUT2D eigenvalue weighted by Gasteiger charge is -2.23. The molecule has 1 atom stereocenters. The Hall–Kier alpha value is -3.24. The first-order chi connectivity index (χ1) is 15.0. The Labute approximate surface area is 186 Å². The number of aryl methyl sites for hydroxylation is 2. The van der Waals surface area contributed by atoms with Crippen molar-refractivity contribution in [2.75, 3.05) is 5.32 Å². The molecule has 4 heteroatoms. The number of hydrogen-bond donors (Lipinski definition) is 1. The van der Waals surface area contributed by atoms with Crippen LogP contribution >= 0.6 is 11.3 Å². The van der Waals surface area contributed by atoms with Gasteiger partial charge in [0.1, 0.15) is 5.01 Å². The molecule has 0 bridgehead atoms. The zero-order chi connectivity index (χ0) is 21.4. The molecule has 1 aliphatic carbocycles. The fourth-order valence-corrected chi connectivity index (χ4v) is 5.16. The first-order valence-corrected chi connectivity index (χ1v) is 11.4. The van der Waals surface area contributed by atoms with Gasteiger partial charge < -0.3 is 5.32 Å². The molecule has 154 valence electrons. The highest BCUT2D eigenvalue weighted by Crippen LogP contribution is 2.34. The third kappa shape index (κ3) is 4.30. The Balaban J connectivity index is 1.32. The molecule has 4 aromatic rings. The molecule has 0 saturated carbocycles. The predicted octanol–water partition coefficient (Wildman–Crippen LogP) is 7.02. The van der Waals surface area contributed by atoms with Crippen molar-refractivity contribution in [2.24, 2.45) is 0 Å². The second kappa shape index (κ2) is 8.12. The van der Waals surface area contributed by atoms with Gasteiger partial charge in [-0.05, 0) is 73.7 Å². The lowest BCUT2D eigenvalue weighted by Crippen LogP contribution is -2.16. The van der Waals surface area contributed by atoms with Crippen LogP contribution in [-0.4, -0.2) is 10.8 Å². The van der Waals surface area contributed by atoms with E-state index in [9.17, 15) is 4.79 Å². The van der Waals surface area contributed by atoms with Crippen molar-refractivity contribution in [1.29, 1.82) is 0 Å². The van der Waals surface area contributed by atoms with E-state index in [1.54, 1.807) is 17.4 Å². The maximum atomic E-state index is 12.3. The second-order valence-electron chi connectivity index (χ2n) is 8.34. The number of allylic oxidation sites excluding steroid dienone is 2. The van der Waals surface area contributed by atoms with Gasteiger partial charge in [-0.25, -0.2) is 4.98 Å². The minimum atomic E-state index is 0.181. The van der Waals surface area contributed by atoms with Crippen molar-refractivity contribution >= 4 is 33.0 Å². The standard InChI is InChI=1S/C27H24N2OS/c1-17-3-6-19(7-4-17)21-14-23(16-24(30)15-21)28-22-10-8-20(9-11-22)27-29-25-12-5-18(2)13-26(25)31-27/h3-13,16,21,28H,14-15H2,1-2H3/t21-/m0/s1. The van der Waals surface area contributed by atoms with Crippen molar-refractivity contribution < 1.29 is 4.79 Å². The summed E-state index contributed by atoms with van der Waals surface area (Å²) in [4.78, 5) is 17.1. The molecular weight excluding hydrogens is 400 g/mol. The number of hydrogen-bond acceptors (Lipinski definition) is 4. The SMILES string of the molecule is Cc1ccc([C@@H]2CC(=O)C=C(Nc3ccc(-c4nc5ccc(C)cc5s4)cc3)C2)cc1. The fourth-order valence-electron chi connectivity index (χ4n) is 4.09. The zero-order valence-electron chi connectivity index (χ0n) is 17.7. The van der Waals surface area contributed by atoms with Gasteiger partial charge in [0, 0.05) is 29.4 Å². The summed E-state index contributed by atoms with van der Waals surface area (Å²) >= 11 is 1.72. The smallest absolute Gasteiger partial charge is 0.158 e. The lowest BCUT2D eigenvalue weighted by molar-refractivity contribution is -0.115. The molecule has 0 fully saturated rings. The summed E-state index contributed by atoms with van der Waals surface area (Å²) in [6.07, 6.45) is 3.17. The number of carbonyl (C=O) groups is 1. The first-order valence-electron chi connectivity index (χ1n) is 10.6. The number of nitrogens with one attached hydrogen (secondary N) is 1.